The second-order valence-corrected chi connectivity index (χ2v) is 15.8. The van der Waals surface area contributed by atoms with Gasteiger partial charge in [0.25, 0.3) is 0 Å². The van der Waals surface area contributed by atoms with E-state index in [1.807, 2.05) is 56.0 Å². The largest absolute Gasteiger partial charge is 0.461 e. The highest BCUT2D eigenvalue weighted by Gasteiger charge is 2.57. The first-order valence-electron chi connectivity index (χ1n) is 17.7. The zero-order valence-corrected chi connectivity index (χ0v) is 30.5. The van der Waals surface area contributed by atoms with Crippen molar-refractivity contribution in [2.45, 2.75) is 81.9 Å². The molecule has 4 fully saturated rings. The van der Waals surface area contributed by atoms with E-state index in [1.165, 1.54) is 0 Å². The lowest BCUT2D eigenvalue weighted by molar-refractivity contribution is -0.198. The summed E-state index contributed by atoms with van der Waals surface area (Å²) in [6.07, 6.45) is 5.58. The second-order valence-electron chi connectivity index (χ2n) is 15.4. The Balaban J connectivity index is 1.19. The van der Waals surface area contributed by atoms with E-state index in [0.717, 1.165) is 43.0 Å². The highest BCUT2D eigenvalue weighted by Crippen LogP contribution is 2.46. The Labute approximate surface area is 302 Å². The molecule has 2 bridgehead atoms. The molecule has 0 spiro atoms. The Morgan fingerprint density at radius 3 is 2.49 bits per heavy atom. The van der Waals surface area contributed by atoms with Gasteiger partial charge >= 0.3 is 12.1 Å². The maximum atomic E-state index is 17.0. The molecule has 0 aliphatic carbocycles. The van der Waals surface area contributed by atoms with Gasteiger partial charge < -0.3 is 23.8 Å². The van der Waals surface area contributed by atoms with Gasteiger partial charge in [-0.15, -0.1) is 0 Å². The number of fused-ring (bicyclic) bond motifs is 5. The van der Waals surface area contributed by atoms with Crippen molar-refractivity contribution in [3.8, 4) is 17.3 Å². The van der Waals surface area contributed by atoms with E-state index in [1.54, 1.807) is 26.5 Å². The lowest BCUT2D eigenvalue weighted by atomic mass is 9.93. The number of halogens is 2. The summed E-state index contributed by atoms with van der Waals surface area (Å²) < 4.78 is 41.0. The predicted molar refractivity (Wildman–Crippen MR) is 193 cm³/mol. The summed E-state index contributed by atoms with van der Waals surface area (Å²) in [7, 11) is 3.35. The molecule has 1 unspecified atom stereocenters. The molecule has 11 nitrogen and oxygen atoms in total. The minimum absolute atomic E-state index is 0.0801. The van der Waals surface area contributed by atoms with Crippen LogP contribution in [0.5, 0.6) is 6.01 Å². The van der Waals surface area contributed by atoms with Crippen molar-refractivity contribution in [3.05, 3.63) is 53.4 Å². The fourth-order valence-corrected chi connectivity index (χ4v) is 9.04. The van der Waals surface area contributed by atoms with E-state index < -0.39 is 17.2 Å². The summed E-state index contributed by atoms with van der Waals surface area (Å²) in [6, 6.07) is 11.2. The first-order chi connectivity index (χ1) is 24.4. The van der Waals surface area contributed by atoms with Crippen LogP contribution in [-0.2, 0) is 14.2 Å². The van der Waals surface area contributed by atoms with E-state index in [2.05, 4.69) is 14.8 Å². The van der Waals surface area contributed by atoms with Gasteiger partial charge in [0.1, 0.15) is 29.2 Å². The summed E-state index contributed by atoms with van der Waals surface area (Å²) in [5.74, 6) is -0.776. The Hall–Kier alpha value is -3.84. The first-order valence-corrected chi connectivity index (χ1v) is 18.1. The molecule has 6 heterocycles. The van der Waals surface area contributed by atoms with Crippen LogP contribution in [0.1, 0.15) is 52.9 Å². The fraction of sp³-hybridized carbons (Fsp3) is 0.526. The Morgan fingerprint density at radius 2 is 1.78 bits per heavy atom. The average Bonchev–Trinajstić information content (AvgIpc) is 3.72. The van der Waals surface area contributed by atoms with Crippen LogP contribution in [0.2, 0.25) is 5.02 Å². The molecule has 2 aromatic carbocycles. The third-order valence-electron chi connectivity index (χ3n) is 11.1. The van der Waals surface area contributed by atoms with Crippen molar-refractivity contribution in [3.63, 3.8) is 0 Å². The summed E-state index contributed by atoms with van der Waals surface area (Å²) >= 11 is 6.66. The number of piperazine rings is 1. The average molecular weight is 719 g/mol. The van der Waals surface area contributed by atoms with E-state index >= 15 is 4.39 Å². The second kappa shape index (κ2) is 12.7. The zero-order chi connectivity index (χ0) is 35.7. The number of aromatic nitrogens is 3. The van der Waals surface area contributed by atoms with Gasteiger partial charge in [-0.2, -0.15) is 9.97 Å². The van der Waals surface area contributed by atoms with Gasteiger partial charge in [0.05, 0.1) is 29.6 Å². The minimum Gasteiger partial charge on any atom is -0.461 e. The quantitative estimate of drug-likeness (QED) is 0.189. The summed E-state index contributed by atoms with van der Waals surface area (Å²) in [6.45, 7) is 8.47. The highest BCUT2D eigenvalue weighted by atomic mass is 35.5. The van der Waals surface area contributed by atoms with Gasteiger partial charge in [-0.05, 0) is 64.5 Å². The van der Waals surface area contributed by atoms with Crippen LogP contribution in [0, 0.1) is 5.82 Å². The van der Waals surface area contributed by atoms with Crippen LogP contribution in [0.3, 0.4) is 0 Å². The number of benzene rings is 2. The summed E-state index contributed by atoms with van der Waals surface area (Å²) in [4.78, 5) is 34.0. The molecule has 0 radical (unpaired) electrons. The van der Waals surface area contributed by atoms with Crippen molar-refractivity contribution < 1.29 is 28.1 Å². The van der Waals surface area contributed by atoms with E-state index in [9.17, 15) is 4.79 Å². The molecule has 4 aliphatic heterocycles. The first kappa shape index (κ1) is 34.3. The van der Waals surface area contributed by atoms with Gasteiger partial charge in [-0.25, -0.2) is 9.18 Å². The maximum absolute atomic E-state index is 17.0. The molecule has 3 atom stereocenters. The third-order valence-corrected chi connectivity index (χ3v) is 11.4. The molecule has 4 aromatic rings. The number of carbonyl (C=O) groups is 1. The molecule has 13 heteroatoms. The number of amides is 1. The molecule has 4 aliphatic rings. The fourth-order valence-electron chi connectivity index (χ4n) is 8.76. The van der Waals surface area contributed by atoms with Crippen molar-refractivity contribution in [2.24, 2.45) is 0 Å². The number of hydrogen-bond donors (Lipinski definition) is 0. The molecule has 270 valence electrons. The number of ether oxygens (including phenoxy) is 4. The minimum atomic E-state index is -0.724. The lowest BCUT2D eigenvalue weighted by Crippen LogP contribution is -2.57. The van der Waals surface area contributed by atoms with E-state index in [4.69, 9.17) is 40.5 Å². The molecule has 0 saturated carbocycles. The van der Waals surface area contributed by atoms with Crippen molar-refractivity contribution in [1.82, 2.24) is 24.8 Å². The Bertz CT molecular complexity index is 1990. The molecule has 4 saturated heterocycles. The van der Waals surface area contributed by atoms with Crippen LogP contribution < -0.4 is 9.64 Å². The smallest absolute Gasteiger partial charge is 0.410 e. The van der Waals surface area contributed by atoms with Crippen molar-refractivity contribution >= 4 is 45.2 Å². The monoisotopic (exact) mass is 718 g/mol. The van der Waals surface area contributed by atoms with Crippen LogP contribution in [0.25, 0.3) is 32.9 Å². The SMILES string of the molecule is COC1(OC)CN2CCCC2(COc2nc(N3C[C@H]4CC[C@@H](C3)N4C(=O)OC(C)(C)C)c3cnc(-c4cccc5cccc(Cl)c45)c(F)c3n2)C1. The molecular formula is C38H44ClFN6O5. The number of carbonyl (C=O) groups excluding carboxylic acids is 1. The number of anilines is 1. The number of methoxy groups -OCH3 is 2. The predicted octanol–water partition coefficient (Wildman–Crippen LogP) is 6.83. The number of pyridine rings is 1. The van der Waals surface area contributed by atoms with Crippen LogP contribution in [-0.4, -0.2) is 107 Å². The summed E-state index contributed by atoms with van der Waals surface area (Å²) in [5.41, 5.74) is -0.0948. The van der Waals surface area contributed by atoms with E-state index in [0.29, 0.717) is 54.5 Å². The van der Waals surface area contributed by atoms with Gasteiger partial charge in [0.2, 0.25) is 0 Å². The Kier molecular flexibility index (Phi) is 8.52. The van der Waals surface area contributed by atoms with Crippen molar-refractivity contribution in [1.29, 1.82) is 0 Å². The van der Waals surface area contributed by atoms with Crippen LogP contribution >= 0.6 is 11.6 Å². The third kappa shape index (κ3) is 5.93. The number of hydrogen-bond acceptors (Lipinski definition) is 10. The molecule has 8 rings (SSSR count). The summed E-state index contributed by atoms with van der Waals surface area (Å²) in [5, 5.41) is 2.58. The van der Waals surface area contributed by atoms with Gasteiger partial charge in [0, 0.05) is 55.9 Å². The van der Waals surface area contributed by atoms with Crippen molar-refractivity contribution in [2.75, 3.05) is 51.9 Å². The number of nitrogens with zero attached hydrogens (tertiary/aromatic N) is 6. The maximum Gasteiger partial charge on any atom is 0.410 e. The molecule has 1 amide bonds. The molecule has 51 heavy (non-hydrogen) atoms. The molecular weight excluding hydrogens is 675 g/mol. The number of rotatable bonds is 7. The van der Waals surface area contributed by atoms with E-state index in [-0.39, 0.29) is 40.9 Å². The Morgan fingerprint density at radius 1 is 1.06 bits per heavy atom. The topological polar surface area (TPSA) is 102 Å². The van der Waals surface area contributed by atoms with Gasteiger partial charge in [-0.1, -0.05) is 41.9 Å². The van der Waals surface area contributed by atoms with Crippen LogP contribution in [0.4, 0.5) is 15.0 Å². The lowest BCUT2D eigenvalue weighted by Gasteiger charge is -2.42. The van der Waals surface area contributed by atoms with Crippen LogP contribution in [0.15, 0.2) is 42.6 Å². The van der Waals surface area contributed by atoms with Gasteiger partial charge in [-0.3, -0.25) is 14.8 Å². The van der Waals surface area contributed by atoms with Gasteiger partial charge in [0.15, 0.2) is 11.6 Å². The zero-order valence-electron chi connectivity index (χ0n) is 29.7. The molecule has 0 N–H and O–H groups in total. The highest BCUT2D eigenvalue weighted by molar-refractivity contribution is 6.36. The normalized spacial score (nSPS) is 24.5. The molecule has 2 aromatic heterocycles. The standard InChI is InChI=1S/C38H44ClFN6O5/c1-36(2,3)51-35(47)46-24-13-14-25(46)19-44(18-24)33-27-17-41-31(26-11-6-9-23-10-7-12-28(39)29(23)26)30(40)32(27)42-34(43-33)50-22-37-15-8-16-45(37)21-38(20-37,48-4)49-5/h6-7,9-12,17,24-25H,8,13-16,18-22H2,1-5H3/t24-,25+,37?.